The molecule has 0 bridgehead atoms. The van der Waals surface area contributed by atoms with Gasteiger partial charge in [0.15, 0.2) is 0 Å². The molecule has 0 amide bonds. The minimum Gasteiger partial charge on any atom is -0.258 e. The van der Waals surface area contributed by atoms with Gasteiger partial charge in [0.1, 0.15) is 6.20 Å². The molecule has 0 radical (unpaired) electrons. The van der Waals surface area contributed by atoms with E-state index in [1.54, 1.807) is 40.1 Å². The molecule has 0 atom stereocenters. The third kappa shape index (κ3) is 4.33. The van der Waals surface area contributed by atoms with E-state index in [4.69, 9.17) is 0 Å². The Morgan fingerprint density at radius 2 is 1.55 bits per heavy atom. The number of nitro groups is 1. The van der Waals surface area contributed by atoms with Crippen molar-refractivity contribution in [2.75, 3.05) is 0 Å². The molecule has 0 fully saturated rings. The first-order valence-corrected chi connectivity index (χ1v) is 13.7. The lowest BCUT2D eigenvalue weighted by Gasteiger charge is -2.09. The first-order chi connectivity index (χ1) is 14.7. The highest BCUT2D eigenvalue weighted by Gasteiger charge is 2.30. The molecule has 31 heavy (non-hydrogen) atoms. The van der Waals surface area contributed by atoms with Crippen LogP contribution >= 0.6 is 65.5 Å². The number of hydrogen-bond donors (Lipinski definition) is 0. The van der Waals surface area contributed by atoms with Crippen molar-refractivity contribution in [1.82, 2.24) is 4.98 Å². The lowest BCUT2D eigenvalue weighted by molar-refractivity contribution is -0.385. The summed E-state index contributed by atoms with van der Waals surface area (Å²) in [5, 5.41) is 11.1. The second-order valence-corrected chi connectivity index (χ2v) is 14.2. The topological polar surface area (TPSA) is 56.0 Å². The minimum atomic E-state index is -0.421. The summed E-state index contributed by atoms with van der Waals surface area (Å²) in [6, 6.07) is 7.75. The van der Waals surface area contributed by atoms with Crippen LogP contribution in [-0.2, 0) is 0 Å². The number of hydrogen-bond acceptors (Lipinski definition) is 6. The summed E-state index contributed by atoms with van der Waals surface area (Å²) < 4.78 is -0.0911. The number of thiophene rings is 3. The van der Waals surface area contributed by atoms with Crippen LogP contribution in [0.5, 0.6) is 0 Å². The van der Waals surface area contributed by atoms with Gasteiger partial charge in [-0.2, -0.15) is 0 Å². The van der Waals surface area contributed by atoms with Crippen LogP contribution < -0.4 is 5.46 Å². The zero-order valence-corrected chi connectivity index (χ0v) is 22.8. The molecule has 10 heteroatoms. The quantitative estimate of drug-likeness (QED) is 0.134. The van der Waals surface area contributed by atoms with E-state index >= 15 is 0 Å². The molecule has 0 aliphatic rings. The van der Waals surface area contributed by atoms with E-state index in [0.717, 1.165) is 16.0 Å². The monoisotopic (exact) mass is 594 g/mol. The molecule has 0 saturated heterocycles. The third-order valence-electron chi connectivity index (χ3n) is 4.95. The Labute approximate surface area is 209 Å². The van der Waals surface area contributed by atoms with Crippen molar-refractivity contribution in [1.29, 1.82) is 0 Å². The first-order valence-electron chi connectivity index (χ1n) is 9.37. The van der Waals surface area contributed by atoms with Crippen LogP contribution in [0.1, 0.15) is 19.5 Å². The van der Waals surface area contributed by atoms with E-state index in [2.05, 4.69) is 76.3 Å². The van der Waals surface area contributed by atoms with Crippen molar-refractivity contribution in [3.8, 4) is 32.1 Å². The smallest absolute Gasteiger partial charge is 0.258 e. The summed E-state index contributed by atoms with van der Waals surface area (Å²) >= 11 is 12.8. The number of halogens is 2. The number of pyridine rings is 1. The van der Waals surface area contributed by atoms with Gasteiger partial charge in [-0.25, -0.2) is 4.98 Å². The van der Waals surface area contributed by atoms with Gasteiger partial charge in [0.05, 0.1) is 15.5 Å². The predicted molar refractivity (Wildman–Crippen MR) is 143 cm³/mol. The van der Waals surface area contributed by atoms with E-state index in [1.165, 1.54) is 53.3 Å². The van der Waals surface area contributed by atoms with Crippen molar-refractivity contribution in [3.63, 3.8) is 0 Å². The Bertz CT molecular complexity index is 1290. The van der Waals surface area contributed by atoms with Crippen LogP contribution in [0.2, 0.25) is 0 Å². The molecule has 0 aliphatic heterocycles. The van der Waals surface area contributed by atoms with Gasteiger partial charge >= 0.3 is 4.36 Å². The van der Waals surface area contributed by atoms with Crippen molar-refractivity contribution in [3.05, 3.63) is 60.1 Å². The summed E-state index contributed by atoms with van der Waals surface area (Å²) in [5.41, 5.74) is 5.48. The summed E-state index contributed by atoms with van der Waals surface area (Å²) in [7, 11) is 0. The van der Waals surface area contributed by atoms with E-state index < -0.39 is 4.92 Å². The molecular weight excluding hydrogens is 579 g/mol. The zero-order chi connectivity index (χ0) is 22.4. The molecule has 4 heterocycles. The van der Waals surface area contributed by atoms with Gasteiger partial charge in [-0.15, -0.1) is 65.5 Å². The van der Waals surface area contributed by atoms with Gasteiger partial charge in [0.25, 0.3) is 5.69 Å². The van der Waals surface area contributed by atoms with Gasteiger partial charge in [0.2, 0.25) is 0 Å². The number of aromatic nitrogens is 1. The average molecular weight is 596 g/mol. The minimum absolute atomic E-state index is 0.00912. The van der Waals surface area contributed by atoms with Crippen LogP contribution in [0.15, 0.2) is 30.5 Å². The largest absolute Gasteiger partial charge is 0.331 e. The van der Waals surface area contributed by atoms with Crippen LogP contribution in [0, 0.1) is 37.8 Å². The number of aryl methyl sites for hydroxylation is 4. The van der Waals surface area contributed by atoms with E-state index in [0.29, 0.717) is 0 Å². The van der Waals surface area contributed by atoms with Gasteiger partial charge in [-0.1, -0.05) is 0 Å². The Hall–Kier alpha value is -1.33. The van der Waals surface area contributed by atoms with Gasteiger partial charge in [0, 0.05) is 36.0 Å². The lowest BCUT2D eigenvalue weighted by atomic mass is 9.84. The zero-order valence-electron chi connectivity index (χ0n) is 17.2. The Kier molecular flexibility index (Phi) is 6.56. The maximum Gasteiger partial charge on any atom is 0.331 e. The molecule has 0 aliphatic carbocycles. The van der Waals surface area contributed by atoms with Crippen LogP contribution in [0.3, 0.4) is 0 Å². The van der Waals surface area contributed by atoms with Crippen molar-refractivity contribution < 1.29 is 4.92 Å². The molecule has 0 unspecified atom stereocenters. The Balaban J connectivity index is 2.05. The summed E-state index contributed by atoms with van der Waals surface area (Å²) in [6.45, 7) is 8.58. The molecular formula is C21H17BBr2N2O2S3. The standard InChI is InChI=1S/C21H17BBr2N2O2S3/c1-10-7-15(12(3)29-10)18-19(22(23)24)21(17-6-5-14(9-25-17)26(27)28)31-20(18)16-8-11(2)30-13(16)4/h5-9H,1-4H3. The Morgan fingerprint density at radius 1 is 0.935 bits per heavy atom. The van der Waals surface area contributed by atoms with E-state index in [1.807, 2.05) is 0 Å². The fraction of sp³-hybridized carbons (Fsp3) is 0.190. The summed E-state index contributed by atoms with van der Waals surface area (Å²) in [4.78, 5) is 22.4. The van der Waals surface area contributed by atoms with Crippen molar-refractivity contribution in [2.45, 2.75) is 27.7 Å². The molecule has 158 valence electrons. The predicted octanol–water partition coefficient (Wildman–Crippen LogP) is 7.89. The molecule has 4 nitrogen and oxygen atoms in total. The maximum absolute atomic E-state index is 11.1. The summed E-state index contributed by atoms with van der Waals surface area (Å²) in [5.74, 6) is 0. The van der Waals surface area contributed by atoms with E-state index in [9.17, 15) is 10.1 Å². The molecule has 0 N–H and O–H groups in total. The fourth-order valence-corrected chi connectivity index (χ4v) is 8.21. The molecule has 4 aromatic heterocycles. The number of rotatable bonds is 5. The molecule has 0 saturated carbocycles. The molecule has 0 aromatic carbocycles. The second kappa shape index (κ2) is 8.90. The van der Waals surface area contributed by atoms with Gasteiger partial charge < -0.3 is 0 Å². The van der Waals surface area contributed by atoms with E-state index in [-0.39, 0.29) is 10.0 Å². The van der Waals surface area contributed by atoms with Crippen LogP contribution in [-0.4, -0.2) is 14.3 Å². The summed E-state index contributed by atoms with van der Waals surface area (Å²) in [6.07, 6.45) is 1.33. The van der Waals surface area contributed by atoms with Gasteiger partial charge in [-0.3, -0.25) is 10.1 Å². The fourth-order valence-electron chi connectivity index (χ4n) is 3.66. The highest BCUT2D eigenvalue weighted by atomic mass is 79.9. The number of nitrogens with zero attached hydrogens (tertiary/aromatic N) is 2. The molecule has 4 aromatic rings. The van der Waals surface area contributed by atoms with Crippen LogP contribution in [0.25, 0.3) is 32.1 Å². The van der Waals surface area contributed by atoms with Crippen molar-refractivity contribution >= 4 is 81.0 Å². The maximum atomic E-state index is 11.1. The normalized spacial score (nSPS) is 11.2. The average Bonchev–Trinajstić information content (AvgIpc) is 3.35. The lowest BCUT2D eigenvalue weighted by Crippen LogP contribution is -2.20. The van der Waals surface area contributed by atoms with Gasteiger partial charge in [-0.05, 0) is 62.5 Å². The third-order valence-corrected chi connectivity index (χ3v) is 9.06. The second-order valence-electron chi connectivity index (χ2n) is 7.16. The Morgan fingerprint density at radius 3 is 2.00 bits per heavy atom. The highest BCUT2D eigenvalue weighted by Crippen LogP contribution is 2.47. The highest BCUT2D eigenvalue weighted by molar-refractivity contribution is 9.49. The molecule has 0 spiro atoms. The first kappa shape index (κ1) is 22.9. The molecule has 4 rings (SSSR count). The van der Waals surface area contributed by atoms with Crippen molar-refractivity contribution in [2.24, 2.45) is 0 Å². The van der Waals surface area contributed by atoms with Crippen LogP contribution in [0.4, 0.5) is 5.69 Å². The SMILES string of the molecule is Cc1cc(-c2sc(-c3ccc([N+](=O)[O-])cn3)c(B(Br)Br)c2-c2cc(C)sc2C)c(C)s1.